The van der Waals surface area contributed by atoms with Gasteiger partial charge in [-0.3, -0.25) is 4.68 Å². The Balaban J connectivity index is 2.18. The van der Waals surface area contributed by atoms with Gasteiger partial charge < -0.3 is 10.8 Å². The lowest BCUT2D eigenvalue weighted by atomic mass is 10.2. The van der Waals surface area contributed by atoms with Gasteiger partial charge in [-0.25, -0.2) is 0 Å². The predicted octanol–water partition coefficient (Wildman–Crippen LogP) is 1.22. The molecule has 4 heteroatoms. The fourth-order valence-corrected chi connectivity index (χ4v) is 1.31. The monoisotopic (exact) mass is 189 g/mol. The van der Waals surface area contributed by atoms with Crippen LogP contribution in [0.2, 0.25) is 0 Å². The predicted molar refractivity (Wildman–Crippen MR) is 53.8 cm³/mol. The van der Waals surface area contributed by atoms with Gasteiger partial charge in [-0.05, 0) is 17.7 Å². The second-order valence-corrected chi connectivity index (χ2v) is 3.14. The van der Waals surface area contributed by atoms with E-state index in [-0.39, 0.29) is 5.75 Å². The van der Waals surface area contributed by atoms with Gasteiger partial charge in [0.15, 0.2) is 0 Å². The van der Waals surface area contributed by atoms with Crippen molar-refractivity contribution in [3.63, 3.8) is 0 Å². The van der Waals surface area contributed by atoms with Gasteiger partial charge in [0.05, 0.1) is 18.4 Å². The van der Waals surface area contributed by atoms with E-state index >= 15 is 0 Å². The van der Waals surface area contributed by atoms with Gasteiger partial charge in [0.25, 0.3) is 0 Å². The van der Waals surface area contributed by atoms with Crippen molar-refractivity contribution in [2.75, 3.05) is 5.73 Å². The summed E-state index contributed by atoms with van der Waals surface area (Å²) in [6, 6.07) is 7.08. The van der Waals surface area contributed by atoms with Crippen LogP contribution in [0.1, 0.15) is 5.56 Å². The molecule has 0 aliphatic heterocycles. The van der Waals surface area contributed by atoms with E-state index in [4.69, 9.17) is 5.73 Å². The van der Waals surface area contributed by atoms with Crippen molar-refractivity contribution < 1.29 is 5.11 Å². The Morgan fingerprint density at radius 2 is 2.29 bits per heavy atom. The Morgan fingerprint density at radius 1 is 1.43 bits per heavy atom. The molecule has 0 atom stereocenters. The van der Waals surface area contributed by atoms with Gasteiger partial charge in [-0.15, -0.1) is 0 Å². The third-order valence-electron chi connectivity index (χ3n) is 1.91. The zero-order chi connectivity index (χ0) is 9.97. The van der Waals surface area contributed by atoms with Gasteiger partial charge in [-0.1, -0.05) is 12.1 Å². The van der Waals surface area contributed by atoms with Gasteiger partial charge in [-0.2, -0.15) is 5.10 Å². The van der Waals surface area contributed by atoms with Gasteiger partial charge in [0, 0.05) is 6.20 Å². The standard InChI is InChI=1S/C10H11N3O/c11-9-5-12-13(7-9)6-8-2-1-3-10(14)4-8/h1-5,7,14H,6,11H2. The molecule has 4 nitrogen and oxygen atoms in total. The third-order valence-corrected chi connectivity index (χ3v) is 1.91. The van der Waals surface area contributed by atoms with Crippen molar-refractivity contribution in [2.45, 2.75) is 6.54 Å². The van der Waals surface area contributed by atoms with E-state index < -0.39 is 0 Å². The van der Waals surface area contributed by atoms with E-state index in [9.17, 15) is 5.11 Å². The molecule has 72 valence electrons. The molecule has 14 heavy (non-hydrogen) atoms. The first-order chi connectivity index (χ1) is 6.74. The van der Waals surface area contributed by atoms with Crippen LogP contribution >= 0.6 is 0 Å². The molecule has 2 rings (SSSR count). The number of nitrogens with zero attached hydrogens (tertiary/aromatic N) is 2. The van der Waals surface area contributed by atoms with Crippen LogP contribution in [0.15, 0.2) is 36.7 Å². The molecule has 1 aromatic carbocycles. The van der Waals surface area contributed by atoms with E-state index in [1.807, 2.05) is 6.07 Å². The maximum Gasteiger partial charge on any atom is 0.115 e. The number of aromatic nitrogens is 2. The molecule has 0 aliphatic rings. The Kier molecular flexibility index (Phi) is 2.10. The Hall–Kier alpha value is -1.97. The molecule has 0 bridgehead atoms. The second kappa shape index (κ2) is 3.41. The smallest absolute Gasteiger partial charge is 0.115 e. The first kappa shape index (κ1) is 8.62. The lowest BCUT2D eigenvalue weighted by molar-refractivity contribution is 0.474. The van der Waals surface area contributed by atoms with E-state index in [0.29, 0.717) is 12.2 Å². The first-order valence-corrected chi connectivity index (χ1v) is 4.30. The SMILES string of the molecule is Nc1cnn(Cc2cccc(O)c2)c1. The fourth-order valence-electron chi connectivity index (χ4n) is 1.31. The minimum atomic E-state index is 0.266. The summed E-state index contributed by atoms with van der Waals surface area (Å²) < 4.78 is 1.73. The quantitative estimate of drug-likeness (QED) is 0.746. The summed E-state index contributed by atoms with van der Waals surface area (Å²) in [5.41, 5.74) is 7.17. The molecule has 1 heterocycles. The molecule has 0 saturated carbocycles. The minimum absolute atomic E-state index is 0.266. The number of hydrogen-bond donors (Lipinski definition) is 2. The number of phenolic OH excluding ortho intramolecular Hbond substituents is 1. The molecule has 2 aromatic rings. The summed E-state index contributed by atoms with van der Waals surface area (Å²) in [7, 11) is 0. The number of rotatable bonds is 2. The number of phenols is 1. The van der Waals surface area contributed by atoms with Crippen LogP contribution in [0.5, 0.6) is 5.75 Å². The number of anilines is 1. The van der Waals surface area contributed by atoms with Crippen LogP contribution < -0.4 is 5.73 Å². The van der Waals surface area contributed by atoms with Gasteiger partial charge in [0.1, 0.15) is 5.75 Å². The fraction of sp³-hybridized carbons (Fsp3) is 0.100. The summed E-state index contributed by atoms with van der Waals surface area (Å²) in [5, 5.41) is 13.3. The Labute approximate surface area is 81.6 Å². The molecule has 0 fully saturated rings. The highest BCUT2D eigenvalue weighted by Gasteiger charge is 1.97. The zero-order valence-corrected chi connectivity index (χ0v) is 7.59. The third kappa shape index (κ3) is 1.85. The van der Waals surface area contributed by atoms with Crippen molar-refractivity contribution in [3.8, 4) is 5.75 Å². The molecule has 0 spiro atoms. The first-order valence-electron chi connectivity index (χ1n) is 4.30. The average molecular weight is 189 g/mol. The van der Waals surface area contributed by atoms with E-state index in [1.54, 1.807) is 35.3 Å². The highest BCUT2D eigenvalue weighted by molar-refractivity contribution is 5.31. The summed E-state index contributed by atoms with van der Waals surface area (Å²) in [6.07, 6.45) is 3.35. The largest absolute Gasteiger partial charge is 0.508 e. The normalized spacial score (nSPS) is 10.3. The molecule has 0 saturated heterocycles. The van der Waals surface area contributed by atoms with E-state index in [0.717, 1.165) is 5.56 Å². The van der Waals surface area contributed by atoms with Crippen molar-refractivity contribution in [1.82, 2.24) is 9.78 Å². The molecule has 0 unspecified atom stereocenters. The second-order valence-electron chi connectivity index (χ2n) is 3.14. The van der Waals surface area contributed by atoms with Crippen LogP contribution in [-0.2, 0) is 6.54 Å². The minimum Gasteiger partial charge on any atom is -0.508 e. The van der Waals surface area contributed by atoms with Crippen LogP contribution in [0.3, 0.4) is 0 Å². The van der Waals surface area contributed by atoms with Crippen molar-refractivity contribution in [3.05, 3.63) is 42.2 Å². The van der Waals surface area contributed by atoms with Crippen LogP contribution in [0.25, 0.3) is 0 Å². The zero-order valence-electron chi connectivity index (χ0n) is 7.59. The summed E-state index contributed by atoms with van der Waals surface area (Å²) >= 11 is 0. The Morgan fingerprint density at radius 3 is 2.93 bits per heavy atom. The molecule has 3 N–H and O–H groups in total. The van der Waals surface area contributed by atoms with Crippen molar-refractivity contribution >= 4 is 5.69 Å². The maximum absolute atomic E-state index is 9.24. The van der Waals surface area contributed by atoms with Crippen LogP contribution in [0.4, 0.5) is 5.69 Å². The molecule has 0 amide bonds. The summed E-state index contributed by atoms with van der Waals surface area (Å²) in [4.78, 5) is 0. The van der Waals surface area contributed by atoms with Crippen molar-refractivity contribution in [2.24, 2.45) is 0 Å². The number of benzene rings is 1. The number of nitrogens with two attached hydrogens (primary N) is 1. The number of aromatic hydroxyl groups is 1. The molecular formula is C10H11N3O. The topological polar surface area (TPSA) is 64.1 Å². The van der Waals surface area contributed by atoms with Gasteiger partial charge >= 0.3 is 0 Å². The Bertz CT molecular complexity index is 436. The molecular weight excluding hydrogens is 178 g/mol. The number of hydrogen-bond acceptors (Lipinski definition) is 3. The van der Waals surface area contributed by atoms with Crippen molar-refractivity contribution in [1.29, 1.82) is 0 Å². The molecule has 0 radical (unpaired) electrons. The summed E-state index contributed by atoms with van der Waals surface area (Å²) in [5.74, 6) is 0.266. The number of nitrogen functional groups attached to an aromatic ring is 1. The van der Waals surface area contributed by atoms with Crippen LogP contribution in [-0.4, -0.2) is 14.9 Å². The average Bonchev–Trinajstić information content (AvgIpc) is 2.51. The van der Waals surface area contributed by atoms with E-state index in [1.165, 1.54) is 0 Å². The lowest BCUT2D eigenvalue weighted by Crippen LogP contribution is -1.99. The van der Waals surface area contributed by atoms with E-state index in [2.05, 4.69) is 5.10 Å². The van der Waals surface area contributed by atoms with Crippen LogP contribution in [0, 0.1) is 0 Å². The highest BCUT2D eigenvalue weighted by atomic mass is 16.3. The lowest BCUT2D eigenvalue weighted by Gasteiger charge is -2.01. The van der Waals surface area contributed by atoms with Gasteiger partial charge in [0.2, 0.25) is 0 Å². The maximum atomic E-state index is 9.24. The molecule has 0 aliphatic carbocycles. The summed E-state index contributed by atoms with van der Waals surface area (Å²) in [6.45, 7) is 0.617. The highest BCUT2D eigenvalue weighted by Crippen LogP contribution is 2.12. The molecule has 1 aromatic heterocycles.